The normalized spacial score (nSPS) is 10.5. The average molecular weight is 375 g/mol. The molecule has 0 bridgehead atoms. The third-order valence-corrected chi connectivity index (χ3v) is 4.09. The first-order valence-corrected chi connectivity index (χ1v) is 7.97. The Labute approximate surface area is 153 Å². The molecule has 0 aliphatic heterocycles. The summed E-state index contributed by atoms with van der Waals surface area (Å²) >= 11 is 12.3. The van der Waals surface area contributed by atoms with Gasteiger partial charge in [0.2, 0.25) is 0 Å². The molecule has 1 aromatic heterocycles. The van der Waals surface area contributed by atoms with Crippen LogP contribution < -0.4 is 5.32 Å². The number of esters is 1. The number of nitrogens with one attached hydrogen (secondary N) is 1. The first-order chi connectivity index (χ1) is 12.0. The first kappa shape index (κ1) is 17.2. The summed E-state index contributed by atoms with van der Waals surface area (Å²) in [5.74, 6) is -0.880. The molecule has 2 aromatic carbocycles. The highest BCUT2D eigenvalue weighted by molar-refractivity contribution is 6.40. The van der Waals surface area contributed by atoms with Crippen LogP contribution in [0.2, 0.25) is 10.0 Å². The number of pyridine rings is 1. The predicted molar refractivity (Wildman–Crippen MR) is 97.5 cm³/mol. The van der Waals surface area contributed by atoms with Gasteiger partial charge in [-0.1, -0.05) is 23.2 Å². The molecule has 7 heteroatoms. The van der Waals surface area contributed by atoms with Gasteiger partial charge < -0.3 is 10.1 Å². The number of carbonyl (C=O) groups excluding carboxylic acids is 2. The molecule has 0 aliphatic carbocycles. The number of amides is 1. The fourth-order valence-corrected chi connectivity index (χ4v) is 3.07. The summed E-state index contributed by atoms with van der Waals surface area (Å²) in [6.45, 7) is 0. The van der Waals surface area contributed by atoms with Crippen molar-refractivity contribution < 1.29 is 14.3 Å². The molecule has 1 N–H and O–H groups in total. The van der Waals surface area contributed by atoms with Crippen LogP contribution in [0, 0.1) is 0 Å². The molecule has 5 nitrogen and oxygen atoms in total. The van der Waals surface area contributed by atoms with Gasteiger partial charge >= 0.3 is 5.97 Å². The fraction of sp³-hybridized carbons (Fsp3) is 0.0556. The lowest BCUT2D eigenvalue weighted by Crippen LogP contribution is -2.13. The first-order valence-electron chi connectivity index (χ1n) is 7.22. The van der Waals surface area contributed by atoms with Gasteiger partial charge in [0.15, 0.2) is 0 Å². The molecule has 0 atom stereocenters. The van der Waals surface area contributed by atoms with Crippen LogP contribution in [0.25, 0.3) is 10.8 Å². The van der Waals surface area contributed by atoms with Gasteiger partial charge in [0.05, 0.1) is 23.4 Å². The second-order valence-electron chi connectivity index (χ2n) is 5.19. The number of nitrogens with zero attached hydrogens (tertiary/aromatic N) is 1. The third-order valence-electron chi connectivity index (χ3n) is 3.58. The van der Waals surface area contributed by atoms with E-state index in [9.17, 15) is 9.59 Å². The SMILES string of the molecule is COC(=O)c1cc(NC(=O)c2ccncc2)c2c(Cl)cc(Cl)cc2c1. The average Bonchev–Trinajstić information content (AvgIpc) is 2.60. The summed E-state index contributed by atoms with van der Waals surface area (Å²) in [5, 5.41) is 4.77. The molecule has 1 amide bonds. The van der Waals surface area contributed by atoms with E-state index >= 15 is 0 Å². The number of methoxy groups -OCH3 is 1. The van der Waals surface area contributed by atoms with Gasteiger partial charge in [-0.05, 0) is 41.8 Å². The molecule has 25 heavy (non-hydrogen) atoms. The van der Waals surface area contributed by atoms with Crippen LogP contribution in [0.3, 0.4) is 0 Å². The summed E-state index contributed by atoms with van der Waals surface area (Å²) in [4.78, 5) is 28.3. The number of anilines is 1. The number of carbonyl (C=O) groups is 2. The van der Waals surface area contributed by atoms with Crippen molar-refractivity contribution in [1.29, 1.82) is 0 Å². The Bertz CT molecular complexity index is 975. The van der Waals surface area contributed by atoms with E-state index in [2.05, 4.69) is 10.3 Å². The van der Waals surface area contributed by atoms with Gasteiger partial charge in [0, 0.05) is 28.4 Å². The van der Waals surface area contributed by atoms with Gasteiger partial charge in [-0.25, -0.2) is 4.79 Å². The van der Waals surface area contributed by atoms with Crippen molar-refractivity contribution in [2.45, 2.75) is 0 Å². The lowest BCUT2D eigenvalue weighted by Gasteiger charge is -2.13. The van der Waals surface area contributed by atoms with Gasteiger partial charge in [-0.3, -0.25) is 9.78 Å². The van der Waals surface area contributed by atoms with Crippen molar-refractivity contribution in [2.24, 2.45) is 0 Å². The van der Waals surface area contributed by atoms with Crippen molar-refractivity contribution >= 4 is 51.5 Å². The third kappa shape index (κ3) is 3.57. The number of benzene rings is 2. The number of hydrogen-bond donors (Lipinski definition) is 1. The van der Waals surface area contributed by atoms with Gasteiger partial charge in [-0.15, -0.1) is 0 Å². The van der Waals surface area contributed by atoms with E-state index in [1.54, 1.807) is 30.3 Å². The highest BCUT2D eigenvalue weighted by Gasteiger charge is 2.16. The quantitative estimate of drug-likeness (QED) is 0.681. The van der Waals surface area contributed by atoms with E-state index in [0.29, 0.717) is 32.1 Å². The zero-order valence-electron chi connectivity index (χ0n) is 13.0. The Balaban J connectivity index is 2.14. The van der Waals surface area contributed by atoms with Crippen LogP contribution in [-0.4, -0.2) is 24.0 Å². The Hall–Kier alpha value is -2.63. The zero-order valence-corrected chi connectivity index (χ0v) is 14.6. The maximum atomic E-state index is 12.5. The molecule has 1 heterocycles. The van der Waals surface area contributed by atoms with Crippen molar-refractivity contribution in [3.63, 3.8) is 0 Å². The summed E-state index contributed by atoms with van der Waals surface area (Å²) < 4.78 is 4.76. The Morgan fingerprint density at radius 1 is 1.04 bits per heavy atom. The maximum absolute atomic E-state index is 12.5. The van der Waals surface area contributed by atoms with Crippen LogP contribution in [0.4, 0.5) is 5.69 Å². The second-order valence-corrected chi connectivity index (χ2v) is 6.03. The molecule has 0 saturated carbocycles. The minimum Gasteiger partial charge on any atom is -0.465 e. The van der Waals surface area contributed by atoms with Gasteiger partial charge in [0.25, 0.3) is 5.91 Å². The molecule has 0 fully saturated rings. The van der Waals surface area contributed by atoms with Crippen LogP contribution in [0.15, 0.2) is 48.8 Å². The smallest absolute Gasteiger partial charge is 0.337 e. The molecule has 126 valence electrons. The van der Waals surface area contributed by atoms with E-state index in [0.717, 1.165) is 0 Å². The second kappa shape index (κ2) is 7.09. The fourth-order valence-electron chi connectivity index (χ4n) is 2.46. The van der Waals surface area contributed by atoms with Crippen LogP contribution in [-0.2, 0) is 4.74 Å². The maximum Gasteiger partial charge on any atom is 0.337 e. The molecule has 3 rings (SSSR count). The van der Waals surface area contributed by atoms with Crippen LogP contribution in [0.1, 0.15) is 20.7 Å². The highest BCUT2D eigenvalue weighted by Crippen LogP contribution is 2.35. The van der Waals surface area contributed by atoms with Crippen molar-refractivity contribution in [3.05, 3.63) is 70.0 Å². The van der Waals surface area contributed by atoms with Gasteiger partial charge in [0.1, 0.15) is 0 Å². The number of hydrogen-bond acceptors (Lipinski definition) is 4. The van der Waals surface area contributed by atoms with E-state index in [-0.39, 0.29) is 11.5 Å². The predicted octanol–water partition coefficient (Wildman–Crippen LogP) is 4.58. The van der Waals surface area contributed by atoms with Crippen molar-refractivity contribution in [2.75, 3.05) is 12.4 Å². The van der Waals surface area contributed by atoms with E-state index < -0.39 is 5.97 Å². The zero-order chi connectivity index (χ0) is 18.0. The number of aromatic nitrogens is 1. The summed E-state index contributed by atoms with van der Waals surface area (Å²) in [7, 11) is 1.28. The monoisotopic (exact) mass is 374 g/mol. The largest absolute Gasteiger partial charge is 0.465 e. The minimum absolute atomic E-state index is 0.276. The number of ether oxygens (including phenoxy) is 1. The Morgan fingerprint density at radius 2 is 1.76 bits per heavy atom. The van der Waals surface area contributed by atoms with E-state index in [1.165, 1.54) is 25.6 Å². The summed E-state index contributed by atoms with van der Waals surface area (Å²) in [6, 6.07) is 9.54. The number of halogens is 2. The number of fused-ring (bicyclic) bond motifs is 1. The molecular weight excluding hydrogens is 363 g/mol. The van der Waals surface area contributed by atoms with Crippen molar-refractivity contribution in [3.8, 4) is 0 Å². The molecule has 3 aromatic rings. The Kier molecular flexibility index (Phi) is 4.88. The molecule has 0 spiro atoms. The standard InChI is InChI=1S/C18H12Cl2N2O3/c1-25-18(24)12-6-11-7-13(19)9-14(20)16(11)15(8-12)22-17(23)10-2-4-21-5-3-10/h2-9H,1H3,(H,22,23). The molecular formula is C18H12Cl2N2O3. The topological polar surface area (TPSA) is 68.3 Å². The van der Waals surface area contributed by atoms with E-state index in [4.69, 9.17) is 27.9 Å². The summed E-state index contributed by atoms with van der Waals surface area (Å²) in [5.41, 5.74) is 1.09. The van der Waals surface area contributed by atoms with Crippen molar-refractivity contribution in [1.82, 2.24) is 4.98 Å². The van der Waals surface area contributed by atoms with Gasteiger partial charge in [-0.2, -0.15) is 0 Å². The van der Waals surface area contributed by atoms with E-state index in [1.807, 2.05) is 0 Å². The molecule has 0 radical (unpaired) electrons. The number of rotatable bonds is 3. The molecule has 0 saturated heterocycles. The van der Waals surface area contributed by atoms with Crippen LogP contribution in [0.5, 0.6) is 0 Å². The lowest BCUT2D eigenvalue weighted by molar-refractivity contribution is 0.0600. The molecule has 0 unspecified atom stereocenters. The van der Waals surface area contributed by atoms with Crippen LogP contribution >= 0.6 is 23.2 Å². The lowest BCUT2D eigenvalue weighted by atomic mass is 10.0. The minimum atomic E-state index is -0.530. The highest BCUT2D eigenvalue weighted by atomic mass is 35.5. The Morgan fingerprint density at radius 3 is 2.44 bits per heavy atom. The summed E-state index contributed by atoms with van der Waals surface area (Å²) in [6.07, 6.45) is 3.04. The molecule has 0 aliphatic rings.